The molecule has 0 aromatic carbocycles. The van der Waals surface area contributed by atoms with E-state index in [4.69, 9.17) is 28.6 Å². The minimum atomic E-state index is 0.119. The predicted molar refractivity (Wildman–Crippen MR) is 83.7 cm³/mol. The minimum Gasteiger partial charge on any atom is -0.472 e. The van der Waals surface area contributed by atoms with E-state index in [0.29, 0.717) is 10.9 Å². The normalized spacial score (nSPS) is 22.8. The van der Waals surface area contributed by atoms with Gasteiger partial charge in [0.2, 0.25) is 5.88 Å². The van der Waals surface area contributed by atoms with Gasteiger partial charge in [0.05, 0.1) is 17.1 Å². The van der Waals surface area contributed by atoms with Crippen LogP contribution in [0.2, 0.25) is 5.02 Å². The van der Waals surface area contributed by atoms with E-state index in [1.807, 2.05) is 13.1 Å². The first-order chi connectivity index (χ1) is 9.63. The Bertz CT molecular complexity index is 521. The van der Waals surface area contributed by atoms with E-state index in [2.05, 4.69) is 14.8 Å². The second-order valence-corrected chi connectivity index (χ2v) is 6.24. The number of likely N-dealkylation sites (N-methyl/N-ethyl adjacent to an activating group) is 1. The van der Waals surface area contributed by atoms with Crippen molar-refractivity contribution in [2.24, 2.45) is 0 Å². The third-order valence-electron chi connectivity index (χ3n) is 3.87. The third-order valence-corrected chi connectivity index (χ3v) is 4.60. The summed E-state index contributed by atoms with van der Waals surface area (Å²) in [5.74, 6) is 0.609. The molecule has 1 atom stereocenters. The van der Waals surface area contributed by atoms with E-state index in [9.17, 15) is 0 Å². The van der Waals surface area contributed by atoms with Crippen LogP contribution in [0.5, 0.6) is 5.88 Å². The maximum Gasteiger partial charge on any atom is 0.224 e. The molecule has 108 valence electrons. The van der Waals surface area contributed by atoms with Crippen molar-refractivity contribution in [3.8, 4) is 5.88 Å². The Morgan fingerprint density at radius 1 is 1.50 bits per heavy atom. The quantitative estimate of drug-likeness (QED) is 0.798. The predicted octanol–water partition coefficient (Wildman–Crippen LogP) is 2.20. The lowest BCUT2D eigenvalue weighted by molar-refractivity contribution is 0.119. The molecule has 0 amide bonds. The Kier molecular flexibility index (Phi) is 4.10. The maximum absolute atomic E-state index is 6.05. The van der Waals surface area contributed by atoms with Gasteiger partial charge in [-0.15, -0.1) is 0 Å². The van der Waals surface area contributed by atoms with Gasteiger partial charge < -0.3 is 14.5 Å². The number of likely N-dealkylation sites (tertiary alicyclic amines) is 1. The summed E-state index contributed by atoms with van der Waals surface area (Å²) in [7, 11) is 2.00. The Balaban J connectivity index is 1.75. The molecule has 20 heavy (non-hydrogen) atoms. The number of hydrogen-bond donors (Lipinski definition) is 0. The molecule has 2 aliphatic rings. The molecule has 1 aromatic rings. The average molecular weight is 312 g/mol. The van der Waals surface area contributed by atoms with E-state index in [-0.39, 0.29) is 6.10 Å². The van der Waals surface area contributed by atoms with Crippen molar-refractivity contribution in [1.29, 1.82) is 0 Å². The number of aromatic nitrogens is 1. The van der Waals surface area contributed by atoms with Gasteiger partial charge in [-0.25, -0.2) is 4.98 Å². The number of halogens is 1. The van der Waals surface area contributed by atoms with Crippen LogP contribution in [-0.2, 0) is 0 Å². The molecule has 1 unspecified atom stereocenters. The van der Waals surface area contributed by atoms with Crippen molar-refractivity contribution in [3.63, 3.8) is 0 Å². The van der Waals surface area contributed by atoms with E-state index >= 15 is 0 Å². The molecule has 0 N–H and O–H groups in total. The van der Waals surface area contributed by atoms with Gasteiger partial charge >= 0.3 is 0 Å². The molecule has 0 spiro atoms. The van der Waals surface area contributed by atoms with Gasteiger partial charge in [-0.2, -0.15) is 0 Å². The summed E-state index contributed by atoms with van der Waals surface area (Å²) in [4.78, 5) is 9.55. The largest absolute Gasteiger partial charge is 0.472 e. The van der Waals surface area contributed by atoms with Crippen molar-refractivity contribution in [1.82, 2.24) is 14.8 Å². The molecule has 0 bridgehead atoms. The fourth-order valence-corrected chi connectivity index (χ4v) is 2.92. The van der Waals surface area contributed by atoms with Crippen molar-refractivity contribution >= 4 is 28.8 Å². The molecule has 0 aliphatic carbocycles. The molecule has 3 rings (SSSR count). The number of rotatable bonds is 3. The number of ether oxygens (including phenoxy) is 1. The van der Waals surface area contributed by atoms with Crippen LogP contribution in [0.3, 0.4) is 0 Å². The lowest BCUT2D eigenvalue weighted by Gasteiger charge is -2.32. The zero-order valence-corrected chi connectivity index (χ0v) is 13.1. The lowest BCUT2D eigenvalue weighted by atomic mass is 10.1. The van der Waals surface area contributed by atoms with Crippen LogP contribution in [0, 0.1) is 0 Å². The Morgan fingerprint density at radius 2 is 2.30 bits per heavy atom. The highest BCUT2D eigenvalue weighted by Crippen LogP contribution is 2.26. The van der Waals surface area contributed by atoms with Crippen molar-refractivity contribution < 1.29 is 4.74 Å². The second kappa shape index (κ2) is 5.84. The van der Waals surface area contributed by atoms with Crippen LogP contribution < -0.4 is 4.74 Å². The molecule has 0 radical (unpaired) electrons. The molecule has 0 saturated carbocycles. The minimum absolute atomic E-state index is 0.119. The molecule has 4 nitrogen and oxygen atoms in total. The topological polar surface area (TPSA) is 28.6 Å². The SMILES string of the molecule is CN1CC(CCN2CCC2)Oc2ncc(Cl)cc2C1=S. The summed E-state index contributed by atoms with van der Waals surface area (Å²) >= 11 is 11.5. The van der Waals surface area contributed by atoms with E-state index in [0.717, 1.165) is 30.1 Å². The number of fused-ring (bicyclic) bond motifs is 1. The van der Waals surface area contributed by atoms with E-state index in [1.54, 1.807) is 6.20 Å². The number of nitrogens with zero attached hydrogens (tertiary/aromatic N) is 3. The summed E-state index contributed by atoms with van der Waals surface area (Å²) in [6.45, 7) is 4.30. The van der Waals surface area contributed by atoms with Crippen LogP contribution in [-0.4, -0.2) is 59.1 Å². The van der Waals surface area contributed by atoms with Gasteiger partial charge in [0.15, 0.2) is 0 Å². The number of pyridine rings is 1. The van der Waals surface area contributed by atoms with Gasteiger partial charge in [0.25, 0.3) is 0 Å². The zero-order chi connectivity index (χ0) is 14.1. The smallest absolute Gasteiger partial charge is 0.224 e. The van der Waals surface area contributed by atoms with Gasteiger partial charge in [0, 0.05) is 19.8 Å². The van der Waals surface area contributed by atoms with Crippen molar-refractivity contribution in [2.45, 2.75) is 18.9 Å². The lowest BCUT2D eigenvalue weighted by Crippen LogP contribution is -2.41. The van der Waals surface area contributed by atoms with Crippen LogP contribution >= 0.6 is 23.8 Å². The summed E-state index contributed by atoms with van der Waals surface area (Å²) in [5.41, 5.74) is 0.821. The molecule has 3 heterocycles. The summed E-state index contributed by atoms with van der Waals surface area (Å²) < 4.78 is 6.05. The fraction of sp³-hybridized carbons (Fsp3) is 0.571. The zero-order valence-electron chi connectivity index (χ0n) is 11.5. The van der Waals surface area contributed by atoms with Crippen molar-refractivity contribution in [2.75, 3.05) is 33.2 Å². The first kappa shape index (κ1) is 14.0. The van der Waals surface area contributed by atoms with Crippen LogP contribution in [0.1, 0.15) is 18.4 Å². The Morgan fingerprint density at radius 3 is 3.00 bits per heavy atom. The van der Waals surface area contributed by atoms with Gasteiger partial charge in [0.1, 0.15) is 11.1 Å². The highest BCUT2D eigenvalue weighted by Gasteiger charge is 2.26. The number of hydrogen-bond acceptors (Lipinski definition) is 4. The second-order valence-electron chi connectivity index (χ2n) is 5.42. The summed E-state index contributed by atoms with van der Waals surface area (Å²) in [6.07, 6.45) is 4.05. The van der Waals surface area contributed by atoms with Gasteiger partial charge in [-0.1, -0.05) is 23.8 Å². The molecule has 1 aromatic heterocycles. The molecule has 6 heteroatoms. The summed E-state index contributed by atoms with van der Waals surface area (Å²) in [5, 5.41) is 0.585. The van der Waals surface area contributed by atoms with Crippen LogP contribution in [0.15, 0.2) is 12.3 Å². The Labute approximate surface area is 129 Å². The highest BCUT2D eigenvalue weighted by atomic mass is 35.5. The molecular weight excluding hydrogens is 294 g/mol. The van der Waals surface area contributed by atoms with Crippen LogP contribution in [0.25, 0.3) is 0 Å². The number of thiocarbonyl (C=S) groups is 1. The van der Waals surface area contributed by atoms with E-state index < -0.39 is 0 Å². The van der Waals surface area contributed by atoms with Crippen molar-refractivity contribution in [3.05, 3.63) is 22.8 Å². The van der Waals surface area contributed by atoms with Gasteiger partial charge in [-0.05, 0) is 32.0 Å². The summed E-state index contributed by atoms with van der Waals surface area (Å²) in [6, 6.07) is 1.83. The standard InChI is InChI=1S/C14H18ClN3OS/c1-17-9-11(3-6-18-4-2-5-18)19-13-12(14(17)20)7-10(15)8-16-13/h7-8,11H,2-6,9H2,1H3. The Hall–Kier alpha value is -0.910. The molecule has 1 fully saturated rings. The average Bonchev–Trinajstić information content (AvgIpc) is 2.47. The highest BCUT2D eigenvalue weighted by molar-refractivity contribution is 7.80. The molecule has 2 aliphatic heterocycles. The maximum atomic E-state index is 6.05. The molecular formula is C14H18ClN3OS. The van der Waals surface area contributed by atoms with Gasteiger partial charge in [-0.3, -0.25) is 0 Å². The third kappa shape index (κ3) is 2.90. The first-order valence-electron chi connectivity index (χ1n) is 6.93. The van der Waals surface area contributed by atoms with E-state index in [1.165, 1.54) is 19.5 Å². The monoisotopic (exact) mass is 311 g/mol. The van der Waals surface area contributed by atoms with Crippen LogP contribution in [0.4, 0.5) is 0 Å². The first-order valence-corrected chi connectivity index (χ1v) is 7.72. The fourth-order valence-electron chi connectivity index (χ4n) is 2.55. The molecule has 1 saturated heterocycles.